The van der Waals surface area contributed by atoms with Crippen LogP contribution in [0.1, 0.15) is 32.0 Å². The quantitative estimate of drug-likeness (QED) is 0.807. The second kappa shape index (κ2) is 8.69. The Balaban J connectivity index is 1.37. The SMILES string of the molecule is CC(C)c1nccn1CCCNC(=O)N1CCN(c2ccncc2)CC1. The molecule has 0 atom stereocenters. The van der Waals surface area contributed by atoms with E-state index in [1.54, 1.807) is 12.4 Å². The third-order valence-electron chi connectivity index (χ3n) is 4.71. The summed E-state index contributed by atoms with van der Waals surface area (Å²) in [5.74, 6) is 1.51. The molecular formula is C19H28N6O. The molecule has 2 amide bonds. The number of aryl methyl sites for hydroxylation is 1. The van der Waals surface area contributed by atoms with Gasteiger partial charge in [0.1, 0.15) is 5.82 Å². The molecule has 1 aliphatic heterocycles. The van der Waals surface area contributed by atoms with Gasteiger partial charge in [0.05, 0.1) is 0 Å². The van der Waals surface area contributed by atoms with Crippen LogP contribution in [-0.4, -0.2) is 58.2 Å². The average Bonchev–Trinajstić information content (AvgIpc) is 3.15. The molecule has 1 aliphatic rings. The predicted molar refractivity (Wildman–Crippen MR) is 102 cm³/mol. The molecule has 0 aliphatic carbocycles. The summed E-state index contributed by atoms with van der Waals surface area (Å²) < 4.78 is 2.17. The standard InChI is InChI=1S/C19H28N6O/c1-16(2)18-21-9-11-24(18)10-3-6-22-19(26)25-14-12-23(13-15-25)17-4-7-20-8-5-17/h4-5,7-9,11,16H,3,6,10,12-15H2,1-2H3,(H,22,26). The van der Waals surface area contributed by atoms with Gasteiger partial charge in [-0.15, -0.1) is 0 Å². The lowest BCUT2D eigenvalue weighted by molar-refractivity contribution is 0.194. The minimum Gasteiger partial charge on any atom is -0.368 e. The van der Waals surface area contributed by atoms with Crippen molar-refractivity contribution in [3.05, 3.63) is 42.7 Å². The van der Waals surface area contributed by atoms with E-state index in [-0.39, 0.29) is 6.03 Å². The van der Waals surface area contributed by atoms with Crippen molar-refractivity contribution in [3.8, 4) is 0 Å². The van der Waals surface area contributed by atoms with Crippen molar-refractivity contribution >= 4 is 11.7 Å². The van der Waals surface area contributed by atoms with Crippen LogP contribution >= 0.6 is 0 Å². The second-order valence-electron chi connectivity index (χ2n) is 6.90. The van der Waals surface area contributed by atoms with E-state index in [9.17, 15) is 4.79 Å². The molecule has 0 unspecified atom stereocenters. The molecule has 0 saturated carbocycles. The van der Waals surface area contributed by atoms with Crippen LogP contribution in [0.25, 0.3) is 0 Å². The van der Waals surface area contributed by atoms with Gasteiger partial charge in [0, 0.05) is 75.7 Å². The van der Waals surface area contributed by atoms with Gasteiger partial charge in [-0.1, -0.05) is 13.8 Å². The summed E-state index contributed by atoms with van der Waals surface area (Å²) in [5, 5.41) is 3.04. The number of hydrogen-bond acceptors (Lipinski definition) is 4. The Morgan fingerprint density at radius 2 is 1.88 bits per heavy atom. The maximum atomic E-state index is 12.3. The van der Waals surface area contributed by atoms with Crippen molar-refractivity contribution in [2.45, 2.75) is 32.7 Å². The highest BCUT2D eigenvalue weighted by atomic mass is 16.2. The minimum absolute atomic E-state index is 0.0362. The molecule has 1 N–H and O–H groups in total. The number of nitrogens with one attached hydrogen (secondary N) is 1. The van der Waals surface area contributed by atoms with Crippen LogP contribution in [0.5, 0.6) is 0 Å². The van der Waals surface area contributed by atoms with Crippen LogP contribution in [0.15, 0.2) is 36.9 Å². The fraction of sp³-hybridized carbons (Fsp3) is 0.526. The number of rotatable bonds is 6. The maximum Gasteiger partial charge on any atom is 0.317 e. The Morgan fingerprint density at radius 3 is 2.58 bits per heavy atom. The van der Waals surface area contributed by atoms with E-state index < -0.39 is 0 Å². The lowest BCUT2D eigenvalue weighted by atomic mass is 10.2. The summed E-state index contributed by atoms with van der Waals surface area (Å²) in [6, 6.07) is 4.06. The number of carbonyl (C=O) groups excluding carboxylic acids is 1. The molecule has 0 aromatic carbocycles. The van der Waals surface area contributed by atoms with Gasteiger partial charge in [-0.25, -0.2) is 9.78 Å². The first-order valence-corrected chi connectivity index (χ1v) is 9.34. The molecule has 2 aromatic rings. The highest BCUT2D eigenvalue weighted by molar-refractivity contribution is 5.74. The van der Waals surface area contributed by atoms with E-state index in [2.05, 4.69) is 38.6 Å². The molecule has 26 heavy (non-hydrogen) atoms. The summed E-state index contributed by atoms with van der Waals surface area (Å²) in [4.78, 5) is 25.0. The number of imidazole rings is 1. The summed E-state index contributed by atoms with van der Waals surface area (Å²) in [5.41, 5.74) is 1.17. The lowest BCUT2D eigenvalue weighted by Crippen LogP contribution is -2.52. The monoisotopic (exact) mass is 356 g/mol. The van der Waals surface area contributed by atoms with Crippen molar-refractivity contribution in [2.75, 3.05) is 37.6 Å². The zero-order valence-corrected chi connectivity index (χ0v) is 15.6. The normalized spacial score (nSPS) is 14.7. The Morgan fingerprint density at radius 1 is 1.15 bits per heavy atom. The number of urea groups is 1. The first kappa shape index (κ1) is 18.2. The highest BCUT2D eigenvalue weighted by Gasteiger charge is 2.20. The van der Waals surface area contributed by atoms with E-state index in [0.717, 1.165) is 45.0 Å². The Kier molecular flexibility index (Phi) is 6.09. The molecule has 7 heteroatoms. The molecule has 3 rings (SSSR count). The Hall–Kier alpha value is -2.57. The van der Waals surface area contributed by atoms with Crippen molar-refractivity contribution in [2.24, 2.45) is 0 Å². The van der Waals surface area contributed by atoms with Gasteiger partial charge in [0.25, 0.3) is 0 Å². The Labute approximate surface area is 155 Å². The fourth-order valence-electron chi connectivity index (χ4n) is 3.29. The average molecular weight is 356 g/mol. The topological polar surface area (TPSA) is 66.3 Å². The van der Waals surface area contributed by atoms with Crippen LogP contribution in [0, 0.1) is 0 Å². The van der Waals surface area contributed by atoms with Gasteiger partial charge in [-0.05, 0) is 18.6 Å². The number of anilines is 1. The molecule has 0 radical (unpaired) electrons. The summed E-state index contributed by atoms with van der Waals surface area (Å²) in [7, 11) is 0. The van der Waals surface area contributed by atoms with E-state index in [1.807, 2.05) is 29.4 Å². The molecule has 7 nitrogen and oxygen atoms in total. The lowest BCUT2D eigenvalue weighted by Gasteiger charge is -2.36. The summed E-state index contributed by atoms with van der Waals surface area (Å²) in [6.07, 6.45) is 8.36. The number of carbonyl (C=O) groups is 1. The number of hydrogen-bond donors (Lipinski definition) is 1. The second-order valence-corrected chi connectivity index (χ2v) is 6.90. The first-order chi connectivity index (χ1) is 12.6. The first-order valence-electron chi connectivity index (χ1n) is 9.34. The van der Waals surface area contributed by atoms with Gasteiger partial charge < -0.3 is 19.7 Å². The van der Waals surface area contributed by atoms with Crippen LogP contribution in [0.3, 0.4) is 0 Å². The molecule has 3 heterocycles. The Bertz CT molecular complexity index is 691. The van der Waals surface area contributed by atoms with Gasteiger partial charge >= 0.3 is 6.03 Å². The molecular weight excluding hydrogens is 328 g/mol. The van der Waals surface area contributed by atoms with Crippen LogP contribution in [0.2, 0.25) is 0 Å². The van der Waals surface area contributed by atoms with Crippen molar-refractivity contribution in [1.82, 2.24) is 24.8 Å². The third-order valence-corrected chi connectivity index (χ3v) is 4.71. The van der Waals surface area contributed by atoms with E-state index in [4.69, 9.17) is 0 Å². The van der Waals surface area contributed by atoms with Crippen molar-refractivity contribution in [1.29, 1.82) is 0 Å². The van der Waals surface area contributed by atoms with Crippen molar-refractivity contribution in [3.63, 3.8) is 0 Å². The van der Waals surface area contributed by atoms with Crippen LogP contribution < -0.4 is 10.2 Å². The predicted octanol–water partition coefficient (Wildman–Crippen LogP) is 2.32. The van der Waals surface area contributed by atoms with Gasteiger partial charge in [-0.2, -0.15) is 0 Å². The maximum absolute atomic E-state index is 12.3. The number of amides is 2. The number of aromatic nitrogens is 3. The molecule has 0 spiro atoms. The third kappa shape index (κ3) is 4.53. The fourth-order valence-corrected chi connectivity index (χ4v) is 3.29. The number of nitrogens with zero attached hydrogens (tertiary/aromatic N) is 5. The van der Waals surface area contributed by atoms with Crippen LogP contribution in [-0.2, 0) is 6.54 Å². The summed E-state index contributed by atoms with van der Waals surface area (Å²) >= 11 is 0. The minimum atomic E-state index is 0.0362. The van der Waals surface area contributed by atoms with E-state index >= 15 is 0 Å². The summed E-state index contributed by atoms with van der Waals surface area (Å²) in [6.45, 7) is 9.04. The van der Waals surface area contributed by atoms with E-state index in [1.165, 1.54) is 5.69 Å². The molecule has 140 valence electrons. The number of pyridine rings is 1. The molecule has 0 bridgehead atoms. The van der Waals surface area contributed by atoms with Crippen LogP contribution in [0.4, 0.5) is 10.5 Å². The van der Waals surface area contributed by atoms with Gasteiger partial charge in [0.2, 0.25) is 0 Å². The molecule has 1 saturated heterocycles. The van der Waals surface area contributed by atoms with Crippen molar-refractivity contribution < 1.29 is 4.79 Å². The van der Waals surface area contributed by atoms with E-state index in [0.29, 0.717) is 12.5 Å². The zero-order chi connectivity index (χ0) is 18.4. The zero-order valence-electron chi connectivity index (χ0n) is 15.6. The van der Waals surface area contributed by atoms with Gasteiger partial charge in [-0.3, -0.25) is 4.98 Å². The molecule has 2 aromatic heterocycles. The largest absolute Gasteiger partial charge is 0.368 e. The van der Waals surface area contributed by atoms with Gasteiger partial charge in [0.15, 0.2) is 0 Å². The smallest absolute Gasteiger partial charge is 0.317 e. The highest BCUT2D eigenvalue weighted by Crippen LogP contribution is 2.15. The number of piperazine rings is 1. The molecule has 1 fully saturated rings.